The number of anilines is 1. The lowest BCUT2D eigenvalue weighted by Gasteiger charge is -2.48. The highest BCUT2D eigenvalue weighted by Crippen LogP contribution is 2.46. The van der Waals surface area contributed by atoms with Gasteiger partial charge in [0.25, 0.3) is 0 Å². The summed E-state index contributed by atoms with van der Waals surface area (Å²) in [6, 6.07) is -0.807. The van der Waals surface area contributed by atoms with Gasteiger partial charge < -0.3 is 19.1 Å². The van der Waals surface area contributed by atoms with Crippen LogP contribution in [0, 0.1) is 5.82 Å². The molecule has 13 heteroatoms. The highest BCUT2D eigenvalue weighted by molar-refractivity contribution is 6.30. The number of hydrogen-bond donors (Lipinski definition) is 0. The molecule has 10 nitrogen and oxygen atoms in total. The van der Waals surface area contributed by atoms with Crippen LogP contribution < -0.4 is 14.4 Å². The molecule has 7 heterocycles. The van der Waals surface area contributed by atoms with Gasteiger partial charge in [-0.3, -0.25) is 9.80 Å². The van der Waals surface area contributed by atoms with Gasteiger partial charge in [0.1, 0.15) is 41.2 Å². The van der Waals surface area contributed by atoms with Crippen LogP contribution in [0.15, 0.2) is 0 Å². The molecule has 1 amide bonds. The van der Waals surface area contributed by atoms with Gasteiger partial charge in [0.15, 0.2) is 11.0 Å². The third kappa shape index (κ3) is 4.43. The van der Waals surface area contributed by atoms with E-state index < -0.39 is 23.7 Å². The molecule has 0 spiro atoms. The Balaban J connectivity index is 1.26. The van der Waals surface area contributed by atoms with Crippen LogP contribution in [0.4, 0.5) is 19.4 Å². The van der Waals surface area contributed by atoms with Gasteiger partial charge in [0.05, 0.1) is 18.1 Å². The van der Waals surface area contributed by atoms with Crippen LogP contribution in [0.2, 0.25) is 5.15 Å². The summed E-state index contributed by atoms with van der Waals surface area (Å²) in [4.78, 5) is 32.8. The number of piperazine rings is 1. The van der Waals surface area contributed by atoms with Gasteiger partial charge in [-0.05, 0) is 66.3 Å². The molecule has 222 valence electrons. The number of nitrogens with zero attached hydrogens (tertiary/aromatic N) is 6. The lowest BCUT2D eigenvalue weighted by Crippen LogP contribution is -2.65. The van der Waals surface area contributed by atoms with Crippen molar-refractivity contribution in [3.05, 3.63) is 11.0 Å². The maximum absolute atomic E-state index is 15.5. The zero-order chi connectivity index (χ0) is 28.8. The highest BCUT2D eigenvalue weighted by atomic mass is 35.5. The molecule has 4 saturated heterocycles. The molecule has 7 rings (SSSR count). The molecular formula is C28H35ClF2N6O4. The van der Waals surface area contributed by atoms with Crippen molar-refractivity contribution in [3.8, 4) is 11.9 Å². The zero-order valence-corrected chi connectivity index (χ0v) is 24.4. The Morgan fingerprint density at radius 3 is 2.76 bits per heavy atom. The first-order chi connectivity index (χ1) is 19.5. The van der Waals surface area contributed by atoms with Crippen LogP contribution in [-0.4, -0.2) is 98.6 Å². The number of alkyl halides is 1. The fourth-order valence-electron chi connectivity index (χ4n) is 7.60. The van der Waals surface area contributed by atoms with E-state index >= 15 is 4.39 Å². The maximum atomic E-state index is 15.5. The van der Waals surface area contributed by atoms with E-state index in [0.717, 1.165) is 32.2 Å². The Kier molecular flexibility index (Phi) is 6.39. The SMILES string of the molecule is C[C@@H]1Oc2nc(Cl)c(F)c3nc(OCC4CC(F)C5CCCN45)nc(c23)N2C[C@H]3CC[C@@H]([C@@H]12)N3C(=O)OC(C)(C)C. The van der Waals surface area contributed by atoms with E-state index in [4.69, 9.17) is 30.8 Å². The second-order valence-electron chi connectivity index (χ2n) is 12.9. The minimum atomic E-state index is -0.880. The normalized spacial score (nSPS) is 32.5. The van der Waals surface area contributed by atoms with E-state index in [-0.39, 0.29) is 65.5 Å². The number of ether oxygens (including phenoxy) is 3. The minimum Gasteiger partial charge on any atom is -0.472 e. The van der Waals surface area contributed by atoms with Crippen molar-refractivity contribution in [2.45, 2.75) is 108 Å². The fraction of sp³-hybridized carbons (Fsp3) is 0.714. The number of halogens is 3. The zero-order valence-electron chi connectivity index (χ0n) is 23.6. The second-order valence-corrected chi connectivity index (χ2v) is 13.2. The van der Waals surface area contributed by atoms with E-state index in [2.05, 4.69) is 19.8 Å². The molecule has 2 aromatic rings. The lowest BCUT2D eigenvalue weighted by atomic mass is 9.98. The van der Waals surface area contributed by atoms with E-state index in [1.54, 1.807) is 0 Å². The molecule has 2 bridgehead atoms. The summed E-state index contributed by atoms with van der Waals surface area (Å²) in [6.45, 7) is 8.94. The third-order valence-corrected chi connectivity index (χ3v) is 9.42. The summed E-state index contributed by atoms with van der Waals surface area (Å²) in [5.41, 5.74) is -0.668. The predicted octanol–water partition coefficient (Wildman–Crippen LogP) is 4.51. The third-order valence-electron chi connectivity index (χ3n) is 9.17. The number of aromatic nitrogens is 3. The molecule has 5 aliphatic heterocycles. The average molecular weight is 593 g/mol. The van der Waals surface area contributed by atoms with Gasteiger partial charge in [-0.1, -0.05) is 11.6 Å². The van der Waals surface area contributed by atoms with Crippen LogP contribution >= 0.6 is 11.6 Å². The standard InChI is InChI=1S/C28H35ClF2N6O4/c1-13-22-18-8-7-14(37(18)27(38)41-28(2,3)4)11-36(22)24-19-21(20(31)23(29)33-25(19)40-13)32-26(34-24)39-12-15-10-16(30)17-6-5-9-35(15)17/h13-18,22H,5-12H2,1-4H3/t13-,14+,15?,16?,17?,18-,22+/m0/s1. The van der Waals surface area contributed by atoms with Gasteiger partial charge in [-0.2, -0.15) is 15.0 Å². The number of pyridine rings is 1. The fourth-order valence-corrected chi connectivity index (χ4v) is 7.77. The van der Waals surface area contributed by atoms with Crippen LogP contribution in [0.1, 0.15) is 59.8 Å². The van der Waals surface area contributed by atoms with E-state index in [1.165, 1.54) is 0 Å². The summed E-state index contributed by atoms with van der Waals surface area (Å²) in [5, 5.41) is -0.0361. The summed E-state index contributed by atoms with van der Waals surface area (Å²) in [6.07, 6.45) is 2.09. The van der Waals surface area contributed by atoms with Crippen molar-refractivity contribution in [2.24, 2.45) is 0 Å². The van der Waals surface area contributed by atoms with Crippen molar-refractivity contribution in [1.29, 1.82) is 0 Å². The Morgan fingerprint density at radius 1 is 1.17 bits per heavy atom. The number of hydrogen-bond acceptors (Lipinski definition) is 9. The molecule has 0 radical (unpaired) electrons. The first kappa shape index (κ1) is 27.1. The summed E-state index contributed by atoms with van der Waals surface area (Å²) < 4.78 is 48.2. The smallest absolute Gasteiger partial charge is 0.410 e. The Bertz CT molecular complexity index is 1390. The molecule has 0 aliphatic carbocycles. The molecule has 3 unspecified atom stereocenters. The Morgan fingerprint density at radius 2 is 1.98 bits per heavy atom. The molecule has 0 N–H and O–H groups in total. The van der Waals surface area contributed by atoms with Gasteiger partial charge in [-0.25, -0.2) is 13.6 Å². The van der Waals surface area contributed by atoms with E-state index in [0.29, 0.717) is 24.2 Å². The van der Waals surface area contributed by atoms with Crippen molar-refractivity contribution in [1.82, 2.24) is 24.8 Å². The molecule has 5 aliphatic rings. The highest BCUT2D eigenvalue weighted by Gasteiger charge is 2.54. The first-order valence-corrected chi connectivity index (χ1v) is 14.9. The van der Waals surface area contributed by atoms with Crippen LogP contribution in [0.5, 0.6) is 11.9 Å². The van der Waals surface area contributed by atoms with E-state index in [9.17, 15) is 9.18 Å². The Labute approximate surface area is 242 Å². The molecule has 4 fully saturated rings. The van der Waals surface area contributed by atoms with Crippen molar-refractivity contribution in [3.63, 3.8) is 0 Å². The summed E-state index contributed by atoms with van der Waals surface area (Å²) in [7, 11) is 0. The average Bonchev–Trinajstić information content (AvgIpc) is 3.56. The van der Waals surface area contributed by atoms with Crippen LogP contribution in [0.3, 0.4) is 0 Å². The molecule has 2 aromatic heterocycles. The summed E-state index contributed by atoms with van der Waals surface area (Å²) in [5.74, 6) is -0.203. The number of fused-ring (bicyclic) bond motifs is 6. The molecular weight excluding hydrogens is 558 g/mol. The number of carbonyl (C=O) groups is 1. The number of rotatable bonds is 3. The van der Waals surface area contributed by atoms with Crippen LogP contribution in [-0.2, 0) is 4.74 Å². The van der Waals surface area contributed by atoms with E-state index in [1.807, 2.05) is 32.6 Å². The maximum Gasteiger partial charge on any atom is 0.410 e. The summed E-state index contributed by atoms with van der Waals surface area (Å²) >= 11 is 6.20. The monoisotopic (exact) mass is 592 g/mol. The minimum absolute atomic E-state index is 0.00658. The first-order valence-electron chi connectivity index (χ1n) is 14.5. The van der Waals surface area contributed by atoms with Crippen LogP contribution in [0.25, 0.3) is 10.9 Å². The van der Waals surface area contributed by atoms with Gasteiger partial charge in [0, 0.05) is 18.6 Å². The number of carbonyl (C=O) groups excluding carboxylic acids is 1. The predicted molar refractivity (Wildman–Crippen MR) is 147 cm³/mol. The quantitative estimate of drug-likeness (QED) is 0.477. The lowest BCUT2D eigenvalue weighted by molar-refractivity contribution is 0.000937. The van der Waals surface area contributed by atoms with Gasteiger partial charge in [0.2, 0.25) is 5.88 Å². The largest absolute Gasteiger partial charge is 0.472 e. The van der Waals surface area contributed by atoms with Crippen molar-refractivity contribution in [2.75, 3.05) is 24.6 Å². The topological polar surface area (TPSA) is 93.2 Å². The second kappa shape index (κ2) is 9.65. The van der Waals surface area contributed by atoms with Crippen molar-refractivity contribution >= 4 is 34.4 Å². The Hall–Kier alpha value is -2.73. The van der Waals surface area contributed by atoms with Crippen molar-refractivity contribution < 1.29 is 27.8 Å². The molecule has 0 saturated carbocycles. The number of amides is 1. The van der Waals surface area contributed by atoms with Gasteiger partial charge >= 0.3 is 12.1 Å². The molecule has 41 heavy (non-hydrogen) atoms. The molecule has 7 atom stereocenters. The van der Waals surface area contributed by atoms with Gasteiger partial charge in [-0.15, -0.1) is 0 Å². The molecule has 0 aromatic carbocycles.